The smallest absolute Gasteiger partial charge is 0.257 e. The molecular weight excluding hydrogens is 370 g/mol. The molecule has 0 saturated heterocycles. The Morgan fingerprint density at radius 3 is 2.10 bits per heavy atom. The zero-order valence-corrected chi connectivity index (χ0v) is 17.6. The Bertz CT molecular complexity index is 915. The van der Waals surface area contributed by atoms with E-state index in [1.807, 2.05) is 39.8 Å². The van der Waals surface area contributed by atoms with E-state index in [-0.39, 0.29) is 29.6 Å². The van der Waals surface area contributed by atoms with Gasteiger partial charge in [-0.15, -0.1) is 0 Å². The van der Waals surface area contributed by atoms with Crippen LogP contribution in [0.1, 0.15) is 54.0 Å². The van der Waals surface area contributed by atoms with Gasteiger partial charge < -0.3 is 19.9 Å². The monoisotopic (exact) mass is 399 g/mol. The molecule has 0 spiro atoms. The van der Waals surface area contributed by atoms with Crippen LogP contribution in [0.2, 0.25) is 0 Å². The second-order valence-corrected chi connectivity index (χ2v) is 7.66. The van der Waals surface area contributed by atoms with E-state index in [0.717, 1.165) is 11.3 Å². The molecule has 1 heterocycles. The number of amides is 2. The number of rotatable bonds is 8. The maximum Gasteiger partial charge on any atom is 0.257 e. The van der Waals surface area contributed by atoms with Crippen LogP contribution >= 0.6 is 0 Å². The first kappa shape index (κ1) is 22.2. The highest BCUT2D eigenvalue weighted by atomic mass is 16.5. The first-order valence-electron chi connectivity index (χ1n) is 9.67. The molecule has 0 aliphatic rings. The van der Waals surface area contributed by atoms with Crippen LogP contribution in [-0.2, 0) is 13.1 Å². The van der Waals surface area contributed by atoms with Gasteiger partial charge in [-0.2, -0.15) is 0 Å². The van der Waals surface area contributed by atoms with Crippen molar-refractivity contribution < 1.29 is 14.3 Å². The minimum Gasteiger partial charge on any atom is -0.497 e. The van der Waals surface area contributed by atoms with Gasteiger partial charge in [0.1, 0.15) is 16.9 Å². The normalized spacial score (nSPS) is 10.9. The highest BCUT2D eigenvalue weighted by Crippen LogP contribution is 2.11. The lowest BCUT2D eigenvalue weighted by atomic mass is 10.1. The topological polar surface area (TPSA) is 89.4 Å². The molecule has 7 nitrogen and oxygen atoms in total. The third-order valence-corrected chi connectivity index (χ3v) is 4.18. The lowest BCUT2D eigenvalue weighted by Crippen LogP contribution is -2.37. The quantitative estimate of drug-likeness (QED) is 0.714. The summed E-state index contributed by atoms with van der Waals surface area (Å²) < 4.78 is 6.84. The van der Waals surface area contributed by atoms with Crippen LogP contribution in [0.3, 0.4) is 0 Å². The number of aromatic nitrogens is 1. The predicted molar refractivity (Wildman–Crippen MR) is 112 cm³/mol. The van der Waals surface area contributed by atoms with Gasteiger partial charge in [0.25, 0.3) is 11.8 Å². The predicted octanol–water partition coefficient (Wildman–Crippen LogP) is 2.58. The molecule has 0 aliphatic heterocycles. The van der Waals surface area contributed by atoms with Crippen molar-refractivity contribution in [2.45, 2.75) is 46.8 Å². The number of benzene rings is 1. The van der Waals surface area contributed by atoms with Crippen LogP contribution in [0.15, 0.2) is 41.5 Å². The van der Waals surface area contributed by atoms with E-state index in [4.69, 9.17) is 4.74 Å². The van der Waals surface area contributed by atoms with Gasteiger partial charge in [0.2, 0.25) is 5.43 Å². The summed E-state index contributed by atoms with van der Waals surface area (Å²) in [5, 5.41) is 5.48. The zero-order chi connectivity index (χ0) is 21.6. The molecule has 0 unspecified atom stereocenters. The second kappa shape index (κ2) is 9.91. The first-order valence-corrected chi connectivity index (χ1v) is 9.67. The molecule has 7 heteroatoms. The van der Waals surface area contributed by atoms with Gasteiger partial charge >= 0.3 is 0 Å². The summed E-state index contributed by atoms with van der Waals surface area (Å²) in [5.41, 5.74) is 0.220. The lowest BCUT2D eigenvalue weighted by Gasteiger charge is -2.15. The van der Waals surface area contributed by atoms with E-state index in [9.17, 15) is 14.4 Å². The fourth-order valence-corrected chi connectivity index (χ4v) is 2.84. The van der Waals surface area contributed by atoms with E-state index in [1.165, 1.54) is 12.4 Å². The number of carbonyl (C=O) groups excluding carboxylic acids is 2. The van der Waals surface area contributed by atoms with Gasteiger partial charge in [0, 0.05) is 31.5 Å². The average molecular weight is 399 g/mol. The van der Waals surface area contributed by atoms with Gasteiger partial charge in [0.15, 0.2) is 0 Å². The molecule has 2 aromatic rings. The Morgan fingerprint density at radius 2 is 1.59 bits per heavy atom. The summed E-state index contributed by atoms with van der Waals surface area (Å²) in [6.07, 6.45) is 3.03. The van der Waals surface area contributed by atoms with Gasteiger partial charge in [-0.25, -0.2) is 0 Å². The number of nitrogens with one attached hydrogen (secondary N) is 2. The summed E-state index contributed by atoms with van der Waals surface area (Å²) in [6, 6.07) is 7.15. The van der Waals surface area contributed by atoms with E-state index >= 15 is 0 Å². The van der Waals surface area contributed by atoms with Crippen LogP contribution in [0.4, 0.5) is 0 Å². The van der Waals surface area contributed by atoms with Crippen molar-refractivity contribution in [1.82, 2.24) is 15.2 Å². The van der Waals surface area contributed by atoms with E-state index in [2.05, 4.69) is 10.6 Å². The standard InChI is InChI=1S/C22H29N3O4/c1-14(2)11-25-12-18(20(26)19(13-25)22(28)24-15(3)4)21(27)23-10-16-6-8-17(29-5)9-7-16/h6-9,12-15H,10-11H2,1-5H3,(H,23,27)(H,24,28). The van der Waals surface area contributed by atoms with Crippen molar-refractivity contribution in [3.8, 4) is 5.75 Å². The van der Waals surface area contributed by atoms with Crippen molar-refractivity contribution in [2.24, 2.45) is 5.92 Å². The average Bonchev–Trinajstić information content (AvgIpc) is 2.66. The molecule has 1 aromatic heterocycles. The molecule has 2 rings (SSSR count). The summed E-state index contributed by atoms with van der Waals surface area (Å²) in [5.74, 6) is 0.0177. The number of ether oxygens (including phenoxy) is 1. The highest BCUT2D eigenvalue weighted by Gasteiger charge is 2.20. The SMILES string of the molecule is COc1ccc(CNC(=O)c2cn(CC(C)C)cc(C(=O)NC(C)C)c2=O)cc1. The van der Waals surface area contributed by atoms with Crippen LogP contribution in [0.5, 0.6) is 5.75 Å². The summed E-state index contributed by atoms with van der Waals surface area (Å²) in [7, 11) is 1.58. The van der Waals surface area contributed by atoms with Crippen LogP contribution in [0, 0.1) is 5.92 Å². The minimum absolute atomic E-state index is 0.0311. The van der Waals surface area contributed by atoms with E-state index in [0.29, 0.717) is 6.54 Å². The maximum atomic E-state index is 12.8. The minimum atomic E-state index is -0.574. The Hall–Kier alpha value is -3.09. The lowest BCUT2D eigenvalue weighted by molar-refractivity contribution is 0.0941. The fourth-order valence-electron chi connectivity index (χ4n) is 2.84. The fraction of sp³-hybridized carbons (Fsp3) is 0.409. The highest BCUT2D eigenvalue weighted by molar-refractivity contribution is 5.99. The molecular formula is C22H29N3O4. The van der Waals surface area contributed by atoms with Gasteiger partial charge in [-0.1, -0.05) is 26.0 Å². The first-order chi connectivity index (χ1) is 13.7. The largest absolute Gasteiger partial charge is 0.497 e. The summed E-state index contributed by atoms with van der Waals surface area (Å²) >= 11 is 0. The molecule has 0 fully saturated rings. The second-order valence-electron chi connectivity index (χ2n) is 7.66. The van der Waals surface area contributed by atoms with E-state index < -0.39 is 17.2 Å². The summed E-state index contributed by atoms with van der Waals surface area (Å²) in [6.45, 7) is 8.52. The number of nitrogens with zero attached hydrogens (tertiary/aromatic N) is 1. The molecule has 1 aromatic carbocycles. The number of hydrogen-bond donors (Lipinski definition) is 2. The number of carbonyl (C=O) groups is 2. The van der Waals surface area contributed by atoms with Gasteiger partial charge in [0.05, 0.1) is 7.11 Å². The molecule has 2 amide bonds. The molecule has 0 bridgehead atoms. The van der Waals surface area contributed by atoms with Crippen LogP contribution in [-0.4, -0.2) is 29.5 Å². The van der Waals surface area contributed by atoms with Crippen molar-refractivity contribution in [3.05, 3.63) is 63.6 Å². The van der Waals surface area contributed by atoms with Crippen molar-refractivity contribution >= 4 is 11.8 Å². The third kappa shape index (κ3) is 6.20. The molecule has 0 aliphatic carbocycles. The molecule has 0 atom stereocenters. The number of hydrogen-bond acceptors (Lipinski definition) is 4. The Kier molecular flexibility index (Phi) is 7.59. The Labute approximate surface area is 171 Å². The number of pyridine rings is 1. The van der Waals surface area contributed by atoms with Crippen LogP contribution < -0.4 is 20.8 Å². The van der Waals surface area contributed by atoms with E-state index in [1.54, 1.807) is 23.8 Å². The van der Waals surface area contributed by atoms with Gasteiger partial charge in [-0.3, -0.25) is 14.4 Å². The molecule has 156 valence electrons. The number of methoxy groups -OCH3 is 1. The van der Waals surface area contributed by atoms with Crippen molar-refractivity contribution in [3.63, 3.8) is 0 Å². The summed E-state index contributed by atoms with van der Waals surface area (Å²) in [4.78, 5) is 38.0. The molecule has 0 saturated carbocycles. The Morgan fingerprint density at radius 1 is 1.00 bits per heavy atom. The molecule has 2 N–H and O–H groups in total. The van der Waals surface area contributed by atoms with Gasteiger partial charge in [-0.05, 0) is 37.5 Å². The maximum absolute atomic E-state index is 12.8. The van der Waals surface area contributed by atoms with Crippen molar-refractivity contribution in [2.75, 3.05) is 7.11 Å². The zero-order valence-electron chi connectivity index (χ0n) is 17.6. The van der Waals surface area contributed by atoms with Crippen molar-refractivity contribution in [1.29, 1.82) is 0 Å². The molecule has 29 heavy (non-hydrogen) atoms. The van der Waals surface area contributed by atoms with Crippen LogP contribution in [0.25, 0.3) is 0 Å². The third-order valence-electron chi connectivity index (χ3n) is 4.18. The molecule has 0 radical (unpaired) electrons. The Balaban J connectivity index is 2.29.